The normalized spacial score (nSPS) is 13.1. The Morgan fingerprint density at radius 2 is 2.10 bits per heavy atom. The summed E-state index contributed by atoms with van der Waals surface area (Å²) in [7, 11) is 1.41. The van der Waals surface area contributed by atoms with Crippen LogP contribution in [0.5, 0.6) is 5.75 Å². The van der Waals surface area contributed by atoms with Crippen LogP contribution in [0.2, 0.25) is 5.02 Å². The highest BCUT2D eigenvalue weighted by atomic mass is 35.5. The van der Waals surface area contributed by atoms with Crippen LogP contribution >= 0.6 is 11.6 Å². The molecule has 39 heavy (non-hydrogen) atoms. The quantitative estimate of drug-likeness (QED) is 0.327. The number of rotatable bonds is 8. The van der Waals surface area contributed by atoms with Gasteiger partial charge in [-0.1, -0.05) is 23.7 Å². The van der Waals surface area contributed by atoms with Gasteiger partial charge in [0.15, 0.2) is 5.69 Å². The Morgan fingerprint density at radius 3 is 2.77 bits per heavy atom. The predicted octanol–water partition coefficient (Wildman–Crippen LogP) is 4.30. The van der Waals surface area contributed by atoms with Crippen LogP contribution in [0.4, 0.5) is 10.1 Å². The van der Waals surface area contributed by atoms with E-state index in [0.29, 0.717) is 11.1 Å². The van der Waals surface area contributed by atoms with Crippen molar-refractivity contribution in [2.24, 2.45) is 7.05 Å². The van der Waals surface area contributed by atoms with E-state index in [2.05, 4.69) is 26.6 Å². The van der Waals surface area contributed by atoms with Crippen molar-refractivity contribution in [3.05, 3.63) is 86.9 Å². The second-order valence-electron chi connectivity index (χ2n) is 9.70. The van der Waals surface area contributed by atoms with E-state index >= 15 is 0 Å². The van der Waals surface area contributed by atoms with Crippen LogP contribution in [0.3, 0.4) is 0 Å². The number of anilines is 1. The molecule has 0 aliphatic carbocycles. The highest BCUT2D eigenvalue weighted by Crippen LogP contribution is 2.41. The molecule has 13 heteroatoms. The lowest BCUT2D eigenvalue weighted by Gasteiger charge is -2.26. The first-order valence-electron chi connectivity index (χ1n) is 11.8. The Hall–Kier alpha value is -4.50. The van der Waals surface area contributed by atoms with Crippen LogP contribution in [-0.4, -0.2) is 35.5 Å². The molecule has 2 N–H and O–H groups in total. The third kappa shape index (κ3) is 5.39. The Morgan fingerprint density at radius 1 is 1.36 bits per heavy atom. The van der Waals surface area contributed by atoms with Gasteiger partial charge in [0.2, 0.25) is 5.75 Å². The summed E-state index contributed by atoms with van der Waals surface area (Å²) in [5, 5.41) is 30.4. The van der Waals surface area contributed by atoms with Gasteiger partial charge in [0.1, 0.15) is 23.6 Å². The average molecular weight is 554 g/mol. The van der Waals surface area contributed by atoms with Crippen molar-refractivity contribution in [2.45, 2.75) is 44.6 Å². The third-order valence-electron chi connectivity index (χ3n) is 6.50. The second kappa shape index (κ2) is 10.7. The summed E-state index contributed by atoms with van der Waals surface area (Å²) < 4.78 is 21.9. The summed E-state index contributed by atoms with van der Waals surface area (Å²) >= 11 is 6.53. The highest BCUT2D eigenvalue weighted by molar-refractivity contribution is 6.31. The third-order valence-corrected chi connectivity index (χ3v) is 6.84. The second-order valence-corrected chi connectivity index (χ2v) is 10.1. The van der Waals surface area contributed by atoms with Crippen molar-refractivity contribution in [1.82, 2.24) is 24.5 Å². The fraction of sp³-hybridized carbons (Fsp3) is 0.308. The van der Waals surface area contributed by atoms with Crippen molar-refractivity contribution in [3.8, 4) is 11.8 Å². The lowest BCUT2D eigenvalue weighted by molar-refractivity contribution is 0.101. The number of benzene rings is 1. The van der Waals surface area contributed by atoms with E-state index in [1.807, 2.05) is 13.8 Å². The molecule has 11 nitrogen and oxygen atoms in total. The minimum Gasteiger partial charge on any atom is -0.501 e. The fourth-order valence-corrected chi connectivity index (χ4v) is 4.61. The Balaban J connectivity index is 1.86. The van der Waals surface area contributed by atoms with Crippen molar-refractivity contribution >= 4 is 23.2 Å². The molecule has 4 rings (SSSR count). The number of nitrogens with zero attached hydrogens (tertiary/aromatic N) is 6. The largest absolute Gasteiger partial charge is 0.501 e. The molecular formula is C26H25ClFN7O4. The highest BCUT2D eigenvalue weighted by Gasteiger charge is 2.32. The molecule has 3 aromatic heterocycles. The summed E-state index contributed by atoms with van der Waals surface area (Å²) in [4.78, 5) is 30.2. The smallest absolute Gasteiger partial charge is 0.296 e. The van der Waals surface area contributed by atoms with E-state index in [0.717, 1.165) is 4.57 Å². The molecule has 0 radical (unpaired) electrons. The van der Waals surface area contributed by atoms with E-state index in [1.165, 1.54) is 37.7 Å². The Labute approximate surface area is 227 Å². The first-order chi connectivity index (χ1) is 18.4. The van der Waals surface area contributed by atoms with Crippen LogP contribution in [0, 0.1) is 17.1 Å². The number of aromatic hydroxyl groups is 1. The van der Waals surface area contributed by atoms with Gasteiger partial charge in [0, 0.05) is 30.1 Å². The minimum atomic E-state index is -0.853. The molecule has 1 aromatic carbocycles. The number of hydrogen-bond donors (Lipinski definition) is 2. The van der Waals surface area contributed by atoms with Gasteiger partial charge in [0.25, 0.3) is 11.5 Å². The lowest BCUT2D eigenvalue weighted by atomic mass is 9.82. The van der Waals surface area contributed by atoms with Gasteiger partial charge < -0.3 is 14.9 Å². The zero-order valence-electron chi connectivity index (χ0n) is 21.5. The number of halogens is 2. The molecule has 1 amide bonds. The molecule has 0 aliphatic rings. The van der Waals surface area contributed by atoms with Crippen LogP contribution in [-0.2, 0) is 12.6 Å². The van der Waals surface area contributed by atoms with E-state index in [9.17, 15) is 24.3 Å². The predicted molar refractivity (Wildman–Crippen MR) is 139 cm³/mol. The first kappa shape index (κ1) is 27.5. The average Bonchev–Trinajstić information content (AvgIpc) is 3.58. The SMILES string of the molecule is C[C@@H](c1nc(C(=O)Nc2cnoc2)c(O)c(=O)n1C)[C@H](c1cnn(C(C)(C)CC#N)c1)c1cc(F)ccc1Cl. The van der Waals surface area contributed by atoms with Gasteiger partial charge in [-0.3, -0.25) is 18.8 Å². The van der Waals surface area contributed by atoms with Crippen LogP contribution in [0.25, 0.3) is 0 Å². The zero-order valence-corrected chi connectivity index (χ0v) is 22.3. The number of hydrogen-bond acceptors (Lipinski definition) is 8. The molecule has 202 valence electrons. The number of aromatic nitrogens is 5. The lowest BCUT2D eigenvalue weighted by Crippen LogP contribution is -2.29. The molecule has 3 heterocycles. The fourth-order valence-electron chi connectivity index (χ4n) is 4.37. The minimum absolute atomic E-state index is 0.127. The van der Waals surface area contributed by atoms with E-state index in [-0.39, 0.29) is 23.0 Å². The molecule has 0 bridgehead atoms. The Bertz CT molecular complexity index is 1620. The molecule has 0 aliphatic heterocycles. The van der Waals surface area contributed by atoms with Crippen molar-refractivity contribution < 1.29 is 18.8 Å². The number of nitriles is 1. The van der Waals surface area contributed by atoms with Crippen molar-refractivity contribution in [1.29, 1.82) is 5.26 Å². The molecular weight excluding hydrogens is 529 g/mol. The zero-order chi connectivity index (χ0) is 28.5. The van der Waals surface area contributed by atoms with Crippen LogP contribution < -0.4 is 10.9 Å². The van der Waals surface area contributed by atoms with Crippen molar-refractivity contribution in [3.63, 3.8) is 0 Å². The maximum atomic E-state index is 14.4. The van der Waals surface area contributed by atoms with Gasteiger partial charge in [-0.25, -0.2) is 9.37 Å². The van der Waals surface area contributed by atoms with Gasteiger partial charge >= 0.3 is 0 Å². The molecule has 0 spiro atoms. The number of nitrogens with one attached hydrogen (secondary N) is 1. The van der Waals surface area contributed by atoms with Gasteiger partial charge in [-0.05, 0) is 43.2 Å². The molecule has 0 fully saturated rings. The van der Waals surface area contributed by atoms with Crippen LogP contribution in [0.1, 0.15) is 66.5 Å². The van der Waals surface area contributed by atoms with Gasteiger partial charge in [-0.2, -0.15) is 10.4 Å². The monoisotopic (exact) mass is 553 g/mol. The molecule has 0 saturated carbocycles. The maximum Gasteiger partial charge on any atom is 0.296 e. The topological polar surface area (TPSA) is 152 Å². The molecule has 0 saturated heterocycles. The number of amides is 1. The summed E-state index contributed by atoms with van der Waals surface area (Å²) in [6.07, 6.45) is 5.92. The van der Waals surface area contributed by atoms with E-state index in [1.54, 1.807) is 24.0 Å². The van der Waals surface area contributed by atoms with Crippen LogP contribution in [0.15, 0.2) is 52.4 Å². The molecule has 4 aromatic rings. The Kier molecular flexibility index (Phi) is 7.56. The molecule has 0 unspecified atom stereocenters. The first-order valence-corrected chi connectivity index (χ1v) is 12.2. The summed E-state index contributed by atoms with van der Waals surface area (Å²) in [5.41, 5.74) is -0.774. The standard InChI is InChI=1S/C26H25ClFN7O4/c1-14(23-33-21(22(36)25(38)34(23)4)24(37)32-17-11-31-39-13-17)20(18-9-16(28)5-6-19(18)27)15-10-30-35(12-15)26(2,3)7-8-29/h5-6,9-14,20,36H,7H2,1-4H3,(H,32,37)/t14-,20-/m1/s1. The molecule has 2 atom stereocenters. The van der Waals surface area contributed by atoms with Crippen molar-refractivity contribution in [2.75, 3.05) is 5.32 Å². The van der Waals surface area contributed by atoms with E-state index in [4.69, 9.17) is 16.1 Å². The number of carbonyl (C=O) groups is 1. The maximum absolute atomic E-state index is 14.4. The summed E-state index contributed by atoms with van der Waals surface area (Å²) in [6.45, 7) is 5.45. The number of carbonyl (C=O) groups excluding carboxylic acids is 1. The van der Waals surface area contributed by atoms with E-state index < -0.39 is 46.1 Å². The summed E-state index contributed by atoms with van der Waals surface area (Å²) in [6, 6.07) is 6.09. The van der Waals surface area contributed by atoms with Gasteiger partial charge in [0.05, 0.1) is 30.4 Å². The summed E-state index contributed by atoms with van der Waals surface area (Å²) in [5.74, 6) is -3.45. The van der Waals surface area contributed by atoms with Gasteiger partial charge in [-0.15, -0.1) is 0 Å².